The maximum atomic E-state index is 14.9. The highest BCUT2D eigenvalue weighted by atomic mass is 19.1. The van der Waals surface area contributed by atoms with Gasteiger partial charge in [-0.1, -0.05) is 39.1 Å². The second-order valence-electron chi connectivity index (χ2n) is 16.3. The van der Waals surface area contributed by atoms with E-state index in [0.717, 1.165) is 73.6 Å². The summed E-state index contributed by atoms with van der Waals surface area (Å²) < 4.78 is 68.2. The van der Waals surface area contributed by atoms with Gasteiger partial charge in [0.1, 0.15) is 34.6 Å². The van der Waals surface area contributed by atoms with Gasteiger partial charge in [-0.3, -0.25) is 0 Å². The summed E-state index contributed by atoms with van der Waals surface area (Å²) in [4.78, 5) is 35.6. The molecule has 0 saturated carbocycles. The highest BCUT2D eigenvalue weighted by molar-refractivity contribution is 5.89. The predicted molar refractivity (Wildman–Crippen MR) is 247 cm³/mol. The molecule has 0 aliphatic heterocycles. The van der Waals surface area contributed by atoms with Crippen molar-refractivity contribution in [2.75, 3.05) is 33.2 Å². The Bertz CT molecular complexity index is 2380. The normalized spacial score (nSPS) is 12.3. The van der Waals surface area contributed by atoms with Crippen LogP contribution in [-0.2, 0) is 34.0 Å². The predicted octanol–water partition coefficient (Wildman–Crippen LogP) is 12.0. The maximum absolute atomic E-state index is 14.9. The van der Waals surface area contributed by atoms with Gasteiger partial charge >= 0.3 is 17.9 Å². The fraction of sp³-hybridized carbons (Fsp3) is 0.340. The van der Waals surface area contributed by atoms with Gasteiger partial charge in [-0.05, 0) is 148 Å². The first-order valence-electron chi connectivity index (χ1n) is 21.8. The van der Waals surface area contributed by atoms with Crippen LogP contribution in [0.15, 0.2) is 109 Å². The van der Waals surface area contributed by atoms with E-state index in [2.05, 4.69) is 27.0 Å². The minimum Gasteiger partial charge on any atom is -0.493 e. The highest BCUT2D eigenvalue weighted by Gasteiger charge is 2.36. The summed E-state index contributed by atoms with van der Waals surface area (Å²) >= 11 is 0. The average Bonchev–Trinajstić information content (AvgIpc) is 3.49. The second kappa shape index (κ2) is 24.4. The molecule has 4 aromatic rings. The summed E-state index contributed by atoms with van der Waals surface area (Å²) in [5.74, 6) is -0.611. The van der Waals surface area contributed by atoms with Crippen LogP contribution >= 0.6 is 0 Å². The van der Waals surface area contributed by atoms with Gasteiger partial charge in [0.15, 0.2) is 0 Å². The van der Waals surface area contributed by atoms with Crippen LogP contribution in [0.25, 0.3) is 23.3 Å². The molecule has 0 saturated heterocycles. The number of halogens is 2. The fourth-order valence-corrected chi connectivity index (χ4v) is 6.96. The third kappa shape index (κ3) is 14.9. The largest absolute Gasteiger partial charge is 0.493 e. The monoisotopic (exact) mass is 892 g/mol. The van der Waals surface area contributed by atoms with Crippen molar-refractivity contribution in [3.8, 4) is 34.1 Å². The van der Waals surface area contributed by atoms with Crippen molar-refractivity contribution in [3.05, 3.63) is 143 Å². The van der Waals surface area contributed by atoms with Crippen molar-refractivity contribution in [1.82, 2.24) is 0 Å². The van der Waals surface area contributed by atoms with Crippen LogP contribution in [0.4, 0.5) is 8.78 Å². The lowest BCUT2D eigenvalue weighted by Gasteiger charge is -2.22. The van der Waals surface area contributed by atoms with Gasteiger partial charge in [0.05, 0.1) is 32.7 Å². The summed E-state index contributed by atoms with van der Waals surface area (Å²) in [6.07, 6.45) is 12.0. The molecule has 1 aliphatic carbocycles. The van der Waals surface area contributed by atoms with Gasteiger partial charge in [0.2, 0.25) is 6.79 Å². The Morgan fingerprint density at radius 3 is 1.52 bits per heavy atom. The molecule has 10 nitrogen and oxygen atoms in total. The molecule has 1 aliphatic rings. The van der Waals surface area contributed by atoms with Gasteiger partial charge in [0, 0.05) is 45.9 Å². The first-order valence-corrected chi connectivity index (χ1v) is 21.8. The number of carbonyl (C=O) groups excluding carboxylic acids is 3. The van der Waals surface area contributed by atoms with E-state index in [4.69, 9.17) is 33.2 Å². The number of hydrogen-bond donors (Lipinski definition) is 0. The lowest BCUT2D eigenvalue weighted by Crippen LogP contribution is -2.15. The summed E-state index contributed by atoms with van der Waals surface area (Å²) in [6, 6.07) is 20.4. The van der Waals surface area contributed by atoms with E-state index in [-0.39, 0.29) is 24.3 Å². The number of hydrogen-bond acceptors (Lipinski definition) is 10. The van der Waals surface area contributed by atoms with Gasteiger partial charge in [-0.25, -0.2) is 23.2 Å². The summed E-state index contributed by atoms with van der Waals surface area (Å²) in [5, 5.41) is 0. The minimum atomic E-state index is -0.650. The van der Waals surface area contributed by atoms with Crippen molar-refractivity contribution >= 4 is 30.1 Å². The average molecular weight is 893 g/mol. The number of benzene rings is 4. The smallest absolute Gasteiger partial charge is 0.336 e. The molecule has 0 spiro atoms. The molecule has 0 amide bonds. The molecule has 0 fully saturated rings. The zero-order valence-corrected chi connectivity index (χ0v) is 37.7. The number of esters is 3. The van der Waals surface area contributed by atoms with E-state index in [1.54, 1.807) is 44.2 Å². The van der Waals surface area contributed by atoms with E-state index in [1.165, 1.54) is 36.6 Å². The van der Waals surface area contributed by atoms with Crippen molar-refractivity contribution in [3.63, 3.8) is 0 Å². The fourth-order valence-electron chi connectivity index (χ4n) is 6.96. The quantitative estimate of drug-likeness (QED) is 0.0151. The topological polar surface area (TPSA) is 116 Å². The molecule has 12 heteroatoms. The molecule has 0 radical (unpaired) electrons. The van der Waals surface area contributed by atoms with Gasteiger partial charge < -0.3 is 33.2 Å². The van der Waals surface area contributed by atoms with E-state index < -0.39 is 23.0 Å². The van der Waals surface area contributed by atoms with Crippen LogP contribution in [0.1, 0.15) is 101 Å². The second-order valence-corrected chi connectivity index (χ2v) is 16.3. The molecular formula is C53H58F2O10. The van der Waals surface area contributed by atoms with E-state index in [1.807, 2.05) is 30.3 Å². The Labute approximate surface area is 380 Å². The first kappa shape index (κ1) is 49.3. The Balaban J connectivity index is 1.02. The molecule has 65 heavy (non-hydrogen) atoms. The lowest BCUT2D eigenvalue weighted by atomic mass is 9.82. The molecule has 0 bridgehead atoms. The van der Waals surface area contributed by atoms with Gasteiger partial charge in [-0.15, -0.1) is 0 Å². The van der Waals surface area contributed by atoms with E-state index >= 15 is 0 Å². The Kier molecular flexibility index (Phi) is 18.5. The zero-order chi connectivity index (χ0) is 46.8. The van der Waals surface area contributed by atoms with Crippen LogP contribution < -0.4 is 18.9 Å². The number of unbranched alkanes of at least 4 members (excludes halogenated alkanes) is 6. The van der Waals surface area contributed by atoms with E-state index in [0.29, 0.717) is 66.1 Å². The van der Waals surface area contributed by atoms with Crippen LogP contribution in [0.5, 0.6) is 23.0 Å². The molecule has 0 unspecified atom stereocenters. The number of rotatable bonds is 26. The van der Waals surface area contributed by atoms with Crippen LogP contribution in [0, 0.1) is 11.6 Å². The lowest BCUT2D eigenvalue weighted by molar-refractivity contribution is -0.139. The molecule has 0 N–H and O–H groups in total. The van der Waals surface area contributed by atoms with Crippen molar-refractivity contribution in [2.45, 2.75) is 84.5 Å². The summed E-state index contributed by atoms with van der Waals surface area (Å²) in [7, 11) is 0. The number of fused-ring (bicyclic) bond motifs is 3. The standard InChI is InChI=1S/C53H58F2O10/c1-36(2)51(57)62-28-13-9-7-11-26-60-41-18-15-38(48(54)33-41)17-24-50(56)65-43-21-23-45-44-22-20-40(31-46(44)53(5,6)47(45)32-43)64-35-59-30-25-39-16-19-42(34-49(39)55)61-27-12-8-10-14-29-63-52(58)37(3)4/h15-25,30-34H,1,3,7-14,26-29,35H2,2,4-6H3. The number of carbonyl (C=O) groups is 3. The van der Waals surface area contributed by atoms with Gasteiger partial charge in [0.25, 0.3) is 0 Å². The summed E-state index contributed by atoms with van der Waals surface area (Å²) in [6.45, 7) is 16.0. The first-order chi connectivity index (χ1) is 31.2. The third-order valence-electron chi connectivity index (χ3n) is 10.6. The minimum absolute atomic E-state index is 0.0998. The molecule has 0 aromatic heterocycles. The molecule has 0 atom stereocenters. The van der Waals surface area contributed by atoms with Crippen LogP contribution in [0.2, 0.25) is 0 Å². The van der Waals surface area contributed by atoms with Crippen molar-refractivity contribution in [1.29, 1.82) is 0 Å². The van der Waals surface area contributed by atoms with Gasteiger partial charge in [-0.2, -0.15) is 0 Å². The molecule has 4 aromatic carbocycles. The Morgan fingerprint density at radius 2 is 1.02 bits per heavy atom. The Morgan fingerprint density at radius 1 is 0.569 bits per heavy atom. The highest BCUT2D eigenvalue weighted by Crippen LogP contribution is 2.50. The van der Waals surface area contributed by atoms with Crippen molar-refractivity contribution in [2.24, 2.45) is 0 Å². The van der Waals surface area contributed by atoms with Crippen LogP contribution in [-0.4, -0.2) is 51.1 Å². The molecule has 0 heterocycles. The molecule has 344 valence electrons. The zero-order valence-electron chi connectivity index (χ0n) is 37.7. The summed E-state index contributed by atoms with van der Waals surface area (Å²) in [5.41, 5.74) is 4.89. The van der Waals surface area contributed by atoms with E-state index in [9.17, 15) is 23.2 Å². The number of ether oxygens (including phenoxy) is 7. The Hall–Kier alpha value is -6.69. The SMILES string of the molecule is C=C(C)C(=O)OCCCCCCOc1ccc(C=COCOc2ccc3c(c2)C(C)(C)c2cc(OC(=O)C=Cc4ccc(OCCCCCCOC(=O)C(=C)C)cc4F)ccc2-3)c(F)c1. The molecule has 5 rings (SSSR count). The third-order valence-corrected chi connectivity index (χ3v) is 10.6. The molecular weight excluding hydrogens is 835 g/mol. The maximum Gasteiger partial charge on any atom is 0.336 e. The van der Waals surface area contributed by atoms with Crippen LogP contribution in [0.3, 0.4) is 0 Å². The van der Waals surface area contributed by atoms with Crippen molar-refractivity contribution < 1.29 is 56.3 Å².